The zero-order valence-corrected chi connectivity index (χ0v) is 19.5. The second-order valence-corrected chi connectivity index (χ2v) is 9.36. The number of amides is 2. The highest BCUT2D eigenvalue weighted by atomic mass is 16.5. The van der Waals surface area contributed by atoms with Crippen LogP contribution >= 0.6 is 0 Å². The van der Waals surface area contributed by atoms with Crippen molar-refractivity contribution in [3.05, 3.63) is 53.9 Å². The molecule has 0 aliphatic carbocycles. The summed E-state index contributed by atoms with van der Waals surface area (Å²) in [6, 6.07) is 9.42. The van der Waals surface area contributed by atoms with Gasteiger partial charge in [-0.15, -0.1) is 0 Å². The van der Waals surface area contributed by atoms with Crippen molar-refractivity contribution in [1.29, 1.82) is 0 Å². The second-order valence-electron chi connectivity index (χ2n) is 9.36. The third kappa shape index (κ3) is 5.47. The molecule has 5 rings (SSSR count). The molecule has 2 saturated heterocycles. The molecule has 3 N–H and O–H groups in total. The van der Waals surface area contributed by atoms with Crippen LogP contribution in [0.2, 0.25) is 0 Å². The molecule has 2 bridgehead atoms. The van der Waals surface area contributed by atoms with E-state index in [1.165, 1.54) is 0 Å². The molecule has 4 heterocycles. The standard InChI is InChI=1S/C26H31N3O6/c30-15-23-25-21(11-19(35-23)12-24(31)28-14-16-2-1-7-27-13-16)20-10-17(29-26(25)32)3-4-22(20)34-18-5-8-33-9-6-18/h1-4,7,10,13,18-19,21,23,25,30H,5-6,8-9,11-12,14-15H2,(H,28,31)(H,29,32)/t19-,21-,23-,25+/m0/s1. The molecule has 186 valence electrons. The van der Waals surface area contributed by atoms with Gasteiger partial charge in [-0.05, 0) is 36.2 Å². The lowest BCUT2D eigenvalue weighted by Crippen LogP contribution is -2.48. The highest BCUT2D eigenvalue weighted by Gasteiger charge is 2.46. The predicted molar refractivity (Wildman–Crippen MR) is 127 cm³/mol. The van der Waals surface area contributed by atoms with E-state index in [9.17, 15) is 14.7 Å². The lowest BCUT2D eigenvalue weighted by molar-refractivity contribution is -0.148. The SMILES string of the molecule is O=C(C[C@@H]1C[C@H]2c3cc(ccc3OC3CCOCC3)NC(=O)[C@H]2[C@H](CO)O1)NCc1cccnc1. The van der Waals surface area contributed by atoms with Crippen LogP contribution in [-0.4, -0.2) is 60.0 Å². The lowest BCUT2D eigenvalue weighted by atomic mass is 9.76. The van der Waals surface area contributed by atoms with Crippen LogP contribution in [0.15, 0.2) is 42.7 Å². The van der Waals surface area contributed by atoms with Gasteiger partial charge in [-0.25, -0.2) is 0 Å². The van der Waals surface area contributed by atoms with Gasteiger partial charge in [-0.2, -0.15) is 0 Å². The van der Waals surface area contributed by atoms with E-state index in [1.807, 2.05) is 30.3 Å². The molecule has 35 heavy (non-hydrogen) atoms. The first-order chi connectivity index (χ1) is 17.1. The molecule has 3 aliphatic heterocycles. The molecule has 0 unspecified atom stereocenters. The van der Waals surface area contributed by atoms with Crippen molar-refractivity contribution in [2.45, 2.75) is 56.5 Å². The quantitative estimate of drug-likeness (QED) is 0.554. The van der Waals surface area contributed by atoms with E-state index in [4.69, 9.17) is 14.2 Å². The highest BCUT2D eigenvalue weighted by molar-refractivity contribution is 5.95. The normalized spacial score (nSPS) is 26.3. The van der Waals surface area contributed by atoms with Crippen LogP contribution < -0.4 is 15.4 Å². The van der Waals surface area contributed by atoms with Crippen LogP contribution in [0.1, 0.15) is 42.7 Å². The van der Waals surface area contributed by atoms with Crippen molar-refractivity contribution in [2.75, 3.05) is 25.1 Å². The maximum absolute atomic E-state index is 13.1. The van der Waals surface area contributed by atoms with Crippen LogP contribution in [0.3, 0.4) is 0 Å². The van der Waals surface area contributed by atoms with Crippen molar-refractivity contribution >= 4 is 17.5 Å². The molecule has 0 saturated carbocycles. The van der Waals surface area contributed by atoms with E-state index in [2.05, 4.69) is 15.6 Å². The number of nitrogens with one attached hydrogen (secondary N) is 2. The van der Waals surface area contributed by atoms with E-state index in [0.717, 1.165) is 29.7 Å². The van der Waals surface area contributed by atoms with Crippen molar-refractivity contribution < 1.29 is 28.9 Å². The van der Waals surface area contributed by atoms with Crippen molar-refractivity contribution in [1.82, 2.24) is 10.3 Å². The van der Waals surface area contributed by atoms with Crippen LogP contribution in [0.4, 0.5) is 5.69 Å². The minimum atomic E-state index is -0.713. The van der Waals surface area contributed by atoms with E-state index in [1.54, 1.807) is 12.4 Å². The number of aliphatic hydroxyl groups is 1. The maximum Gasteiger partial charge on any atom is 0.230 e. The van der Waals surface area contributed by atoms with Crippen LogP contribution in [0, 0.1) is 5.92 Å². The molecule has 2 fully saturated rings. The van der Waals surface area contributed by atoms with Gasteiger partial charge in [0, 0.05) is 48.9 Å². The van der Waals surface area contributed by atoms with Gasteiger partial charge >= 0.3 is 0 Å². The first kappa shape index (κ1) is 23.7. The van der Waals surface area contributed by atoms with Crippen molar-refractivity contribution in [3.8, 4) is 5.75 Å². The number of benzene rings is 1. The van der Waals surface area contributed by atoms with Gasteiger partial charge in [-0.3, -0.25) is 14.6 Å². The van der Waals surface area contributed by atoms with Gasteiger partial charge in [0.15, 0.2) is 0 Å². The van der Waals surface area contributed by atoms with Crippen molar-refractivity contribution in [2.24, 2.45) is 5.92 Å². The summed E-state index contributed by atoms with van der Waals surface area (Å²) in [4.78, 5) is 29.9. The Balaban J connectivity index is 1.33. The molecule has 0 radical (unpaired) electrons. The van der Waals surface area contributed by atoms with Crippen LogP contribution in [0.25, 0.3) is 0 Å². The lowest BCUT2D eigenvalue weighted by Gasteiger charge is -2.40. The van der Waals surface area contributed by atoms with E-state index in [0.29, 0.717) is 31.9 Å². The van der Waals surface area contributed by atoms with E-state index < -0.39 is 18.1 Å². The van der Waals surface area contributed by atoms with Crippen molar-refractivity contribution in [3.63, 3.8) is 0 Å². The Kier molecular flexibility index (Phi) is 7.26. The molecule has 2 aromatic rings. The first-order valence-corrected chi connectivity index (χ1v) is 12.2. The fourth-order valence-corrected chi connectivity index (χ4v) is 5.24. The number of carbonyl (C=O) groups excluding carboxylic acids is 2. The average Bonchev–Trinajstić information content (AvgIpc) is 2.99. The van der Waals surface area contributed by atoms with Gasteiger partial charge in [0.25, 0.3) is 0 Å². The number of nitrogens with zero attached hydrogens (tertiary/aromatic N) is 1. The third-order valence-electron chi connectivity index (χ3n) is 6.97. The molecule has 1 aromatic heterocycles. The zero-order valence-electron chi connectivity index (χ0n) is 19.5. The molecule has 9 nitrogen and oxygen atoms in total. The summed E-state index contributed by atoms with van der Waals surface area (Å²) in [7, 11) is 0. The Bertz CT molecular complexity index is 1040. The summed E-state index contributed by atoms with van der Waals surface area (Å²) in [5, 5.41) is 16.0. The second kappa shape index (κ2) is 10.7. The molecular formula is C26H31N3O6. The van der Waals surface area contributed by atoms with Crippen LogP contribution in [0.5, 0.6) is 5.75 Å². The average molecular weight is 482 g/mol. The third-order valence-corrected chi connectivity index (χ3v) is 6.97. The number of ether oxygens (including phenoxy) is 3. The number of aliphatic hydroxyl groups excluding tert-OH is 1. The number of rotatable bonds is 7. The Morgan fingerprint density at radius 1 is 1.26 bits per heavy atom. The van der Waals surface area contributed by atoms with E-state index in [-0.39, 0.29) is 36.9 Å². The fourth-order valence-electron chi connectivity index (χ4n) is 5.24. The summed E-state index contributed by atoms with van der Waals surface area (Å²) < 4.78 is 17.9. The Morgan fingerprint density at radius 3 is 2.89 bits per heavy atom. The molecule has 2 amide bonds. The smallest absolute Gasteiger partial charge is 0.230 e. The monoisotopic (exact) mass is 481 g/mol. The largest absolute Gasteiger partial charge is 0.490 e. The number of carbonyl (C=O) groups is 2. The molecule has 3 aliphatic rings. The van der Waals surface area contributed by atoms with Gasteiger partial charge in [0.2, 0.25) is 11.8 Å². The zero-order chi connectivity index (χ0) is 24.2. The van der Waals surface area contributed by atoms with Gasteiger partial charge < -0.3 is 30.0 Å². The van der Waals surface area contributed by atoms with E-state index >= 15 is 0 Å². The Labute approximate surface area is 204 Å². The summed E-state index contributed by atoms with van der Waals surface area (Å²) in [6.45, 7) is 1.40. The number of aromatic nitrogens is 1. The highest BCUT2D eigenvalue weighted by Crippen LogP contribution is 2.46. The molecule has 0 spiro atoms. The minimum absolute atomic E-state index is 0.0544. The number of anilines is 1. The molecular weight excluding hydrogens is 450 g/mol. The molecule has 4 atom stereocenters. The minimum Gasteiger partial charge on any atom is -0.490 e. The number of hydrogen-bond acceptors (Lipinski definition) is 7. The number of pyridine rings is 1. The van der Waals surface area contributed by atoms with Gasteiger partial charge in [0.1, 0.15) is 11.9 Å². The number of hydrogen-bond donors (Lipinski definition) is 3. The summed E-state index contributed by atoms with van der Waals surface area (Å²) in [5.41, 5.74) is 2.52. The Morgan fingerprint density at radius 2 is 2.11 bits per heavy atom. The summed E-state index contributed by atoms with van der Waals surface area (Å²) in [5.74, 6) is -0.419. The molecule has 1 aromatic carbocycles. The topological polar surface area (TPSA) is 119 Å². The first-order valence-electron chi connectivity index (χ1n) is 12.2. The fraction of sp³-hybridized carbons (Fsp3) is 0.500. The van der Waals surface area contributed by atoms with Crippen LogP contribution in [-0.2, 0) is 25.6 Å². The van der Waals surface area contributed by atoms with Gasteiger partial charge in [-0.1, -0.05) is 6.07 Å². The summed E-state index contributed by atoms with van der Waals surface area (Å²) in [6.07, 6.45) is 4.54. The van der Waals surface area contributed by atoms with Gasteiger partial charge in [0.05, 0.1) is 44.4 Å². The Hall–Kier alpha value is -3.01. The predicted octanol–water partition coefficient (Wildman–Crippen LogP) is 2.15. The summed E-state index contributed by atoms with van der Waals surface area (Å²) >= 11 is 0. The molecule has 9 heteroatoms. The number of fused-ring (bicyclic) bond motifs is 4. The maximum atomic E-state index is 13.1.